The number of hydrogen-bond donors (Lipinski definition) is 1. The van der Waals surface area contributed by atoms with E-state index in [1.807, 2.05) is 16.7 Å². The molecule has 2 aliphatic rings. The van der Waals surface area contributed by atoms with Gasteiger partial charge in [0.2, 0.25) is 5.91 Å². The van der Waals surface area contributed by atoms with Gasteiger partial charge in [0, 0.05) is 43.6 Å². The molecule has 0 saturated carbocycles. The number of ether oxygens (including phenoxy) is 1. The number of rotatable bonds is 3. The zero-order valence-corrected chi connectivity index (χ0v) is 11.3. The van der Waals surface area contributed by atoms with E-state index in [0.29, 0.717) is 19.1 Å². The first-order chi connectivity index (χ1) is 8.29. The van der Waals surface area contributed by atoms with Crippen molar-refractivity contribution < 1.29 is 9.53 Å². The highest BCUT2D eigenvalue weighted by Crippen LogP contribution is 2.14. The molecule has 17 heavy (non-hydrogen) atoms. The van der Waals surface area contributed by atoms with Crippen LogP contribution < -0.4 is 5.32 Å². The minimum absolute atomic E-state index is 0.237. The Balaban J connectivity index is 1.78. The van der Waals surface area contributed by atoms with Gasteiger partial charge in [-0.3, -0.25) is 4.79 Å². The van der Waals surface area contributed by atoms with Crippen LogP contribution in [0.25, 0.3) is 0 Å². The summed E-state index contributed by atoms with van der Waals surface area (Å²) in [7, 11) is 0. The first-order valence-corrected chi connectivity index (χ1v) is 7.65. The van der Waals surface area contributed by atoms with Gasteiger partial charge >= 0.3 is 0 Å². The Morgan fingerprint density at radius 1 is 1.59 bits per heavy atom. The van der Waals surface area contributed by atoms with Gasteiger partial charge in [-0.05, 0) is 6.42 Å². The van der Waals surface area contributed by atoms with E-state index in [9.17, 15) is 4.79 Å². The summed E-state index contributed by atoms with van der Waals surface area (Å²) in [5, 5.41) is 3.41. The second-order valence-corrected chi connectivity index (χ2v) is 5.82. The SMILES string of the molecule is CCC1CN(C(=O)CC2CSCCN2)CCO1. The molecule has 2 fully saturated rings. The molecule has 2 unspecified atom stereocenters. The minimum Gasteiger partial charge on any atom is -0.375 e. The lowest BCUT2D eigenvalue weighted by Gasteiger charge is -2.34. The average Bonchev–Trinajstić information content (AvgIpc) is 2.40. The molecule has 0 spiro atoms. The number of carbonyl (C=O) groups is 1. The Labute approximate surface area is 107 Å². The van der Waals surface area contributed by atoms with E-state index in [2.05, 4.69) is 12.2 Å². The summed E-state index contributed by atoms with van der Waals surface area (Å²) in [6.45, 7) is 5.36. The fraction of sp³-hybridized carbons (Fsp3) is 0.917. The second-order valence-electron chi connectivity index (χ2n) is 4.67. The molecular formula is C12H22N2O2S. The van der Waals surface area contributed by atoms with Gasteiger partial charge in [0.15, 0.2) is 0 Å². The lowest BCUT2D eigenvalue weighted by atomic mass is 10.1. The van der Waals surface area contributed by atoms with Crippen molar-refractivity contribution >= 4 is 17.7 Å². The summed E-state index contributed by atoms with van der Waals surface area (Å²) in [6, 6.07) is 0.365. The van der Waals surface area contributed by atoms with Gasteiger partial charge in [0.25, 0.3) is 0 Å². The molecule has 0 aromatic rings. The van der Waals surface area contributed by atoms with Crippen LogP contribution in [0.2, 0.25) is 0 Å². The van der Waals surface area contributed by atoms with Gasteiger partial charge < -0.3 is 15.0 Å². The molecule has 2 rings (SSSR count). The van der Waals surface area contributed by atoms with Crippen LogP contribution in [0.15, 0.2) is 0 Å². The second kappa shape index (κ2) is 6.61. The van der Waals surface area contributed by atoms with E-state index < -0.39 is 0 Å². The molecule has 2 saturated heterocycles. The smallest absolute Gasteiger partial charge is 0.224 e. The van der Waals surface area contributed by atoms with E-state index >= 15 is 0 Å². The molecule has 0 radical (unpaired) electrons. The highest BCUT2D eigenvalue weighted by molar-refractivity contribution is 7.99. The molecule has 2 heterocycles. The summed E-state index contributed by atoms with van der Waals surface area (Å²) in [5.41, 5.74) is 0. The maximum absolute atomic E-state index is 12.1. The monoisotopic (exact) mass is 258 g/mol. The van der Waals surface area contributed by atoms with Gasteiger partial charge in [0.1, 0.15) is 0 Å². The van der Waals surface area contributed by atoms with Crippen LogP contribution in [0.3, 0.4) is 0 Å². The summed E-state index contributed by atoms with van der Waals surface area (Å²) in [4.78, 5) is 14.1. The van der Waals surface area contributed by atoms with Crippen molar-refractivity contribution in [1.29, 1.82) is 0 Å². The Hall–Kier alpha value is -0.260. The van der Waals surface area contributed by atoms with Crippen LogP contribution in [0.4, 0.5) is 0 Å². The van der Waals surface area contributed by atoms with Crippen molar-refractivity contribution in [2.45, 2.75) is 31.9 Å². The topological polar surface area (TPSA) is 41.6 Å². The van der Waals surface area contributed by atoms with Gasteiger partial charge in [0.05, 0.1) is 12.7 Å². The van der Waals surface area contributed by atoms with Crippen LogP contribution in [0, 0.1) is 0 Å². The van der Waals surface area contributed by atoms with E-state index in [-0.39, 0.29) is 12.0 Å². The molecule has 1 N–H and O–H groups in total. The van der Waals surface area contributed by atoms with E-state index in [1.165, 1.54) is 5.75 Å². The molecule has 5 heteroatoms. The third kappa shape index (κ3) is 3.86. The highest BCUT2D eigenvalue weighted by atomic mass is 32.2. The van der Waals surface area contributed by atoms with Gasteiger partial charge in [-0.25, -0.2) is 0 Å². The third-order valence-corrected chi connectivity index (χ3v) is 4.50. The summed E-state index contributed by atoms with van der Waals surface area (Å²) in [6.07, 6.45) is 1.87. The Morgan fingerprint density at radius 2 is 2.47 bits per heavy atom. The first-order valence-electron chi connectivity index (χ1n) is 6.50. The summed E-state index contributed by atoms with van der Waals surface area (Å²) < 4.78 is 5.58. The molecule has 0 bridgehead atoms. The first kappa shape index (κ1) is 13.2. The molecule has 4 nitrogen and oxygen atoms in total. The third-order valence-electron chi connectivity index (χ3n) is 3.37. The Kier molecular flexibility index (Phi) is 5.13. The fourth-order valence-electron chi connectivity index (χ4n) is 2.28. The largest absolute Gasteiger partial charge is 0.375 e. The van der Waals surface area contributed by atoms with Crippen molar-refractivity contribution in [1.82, 2.24) is 10.2 Å². The van der Waals surface area contributed by atoms with E-state index in [1.54, 1.807) is 0 Å². The number of carbonyl (C=O) groups excluding carboxylic acids is 1. The van der Waals surface area contributed by atoms with Crippen molar-refractivity contribution in [3.8, 4) is 0 Å². The molecule has 98 valence electrons. The Morgan fingerprint density at radius 3 is 3.18 bits per heavy atom. The molecule has 0 aliphatic carbocycles. The van der Waals surface area contributed by atoms with Gasteiger partial charge in [-0.2, -0.15) is 11.8 Å². The molecule has 0 aromatic carbocycles. The van der Waals surface area contributed by atoms with Crippen molar-refractivity contribution in [3.63, 3.8) is 0 Å². The molecule has 2 aliphatic heterocycles. The number of nitrogens with zero attached hydrogens (tertiary/aromatic N) is 1. The maximum atomic E-state index is 12.1. The molecule has 0 aromatic heterocycles. The van der Waals surface area contributed by atoms with Crippen molar-refractivity contribution in [3.05, 3.63) is 0 Å². The average molecular weight is 258 g/mol. The van der Waals surface area contributed by atoms with Crippen LogP contribution in [0.5, 0.6) is 0 Å². The minimum atomic E-state index is 0.237. The zero-order chi connectivity index (χ0) is 12.1. The van der Waals surface area contributed by atoms with Gasteiger partial charge in [-0.1, -0.05) is 6.92 Å². The summed E-state index contributed by atoms with van der Waals surface area (Å²) >= 11 is 1.94. The Bertz CT molecular complexity index is 257. The highest BCUT2D eigenvalue weighted by Gasteiger charge is 2.25. The van der Waals surface area contributed by atoms with Crippen LogP contribution >= 0.6 is 11.8 Å². The normalized spacial score (nSPS) is 30.3. The van der Waals surface area contributed by atoms with Gasteiger partial charge in [-0.15, -0.1) is 0 Å². The van der Waals surface area contributed by atoms with E-state index in [0.717, 1.165) is 31.8 Å². The molecular weight excluding hydrogens is 236 g/mol. The van der Waals surface area contributed by atoms with Crippen molar-refractivity contribution in [2.75, 3.05) is 37.7 Å². The lowest BCUT2D eigenvalue weighted by Crippen LogP contribution is -2.48. The zero-order valence-electron chi connectivity index (χ0n) is 10.5. The number of thioether (sulfide) groups is 1. The number of hydrogen-bond acceptors (Lipinski definition) is 4. The predicted octanol–water partition coefficient (Wildman–Crippen LogP) is 0.719. The molecule has 2 atom stereocenters. The number of nitrogens with one attached hydrogen (secondary N) is 1. The predicted molar refractivity (Wildman–Crippen MR) is 70.3 cm³/mol. The lowest BCUT2D eigenvalue weighted by molar-refractivity contribution is -0.139. The number of amides is 1. The quantitative estimate of drug-likeness (QED) is 0.810. The number of morpholine rings is 1. The van der Waals surface area contributed by atoms with E-state index in [4.69, 9.17) is 4.74 Å². The van der Waals surface area contributed by atoms with Crippen LogP contribution in [0.1, 0.15) is 19.8 Å². The standard InChI is InChI=1S/C12H22N2O2S/c1-2-11-8-14(4-5-16-11)12(15)7-10-9-17-6-3-13-10/h10-11,13H,2-9H2,1H3. The molecule has 1 amide bonds. The summed E-state index contributed by atoms with van der Waals surface area (Å²) in [5.74, 6) is 2.51. The fourth-order valence-corrected chi connectivity index (χ4v) is 3.23. The van der Waals surface area contributed by atoms with Crippen LogP contribution in [-0.4, -0.2) is 60.7 Å². The van der Waals surface area contributed by atoms with Crippen LogP contribution in [-0.2, 0) is 9.53 Å². The van der Waals surface area contributed by atoms with Crippen molar-refractivity contribution in [2.24, 2.45) is 0 Å². The maximum Gasteiger partial charge on any atom is 0.224 e.